The minimum atomic E-state index is -4.43. The van der Waals surface area contributed by atoms with E-state index in [9.17, 15) is 18.0 Å². The van der Waals surface area contributed by atoms with E-state index in [0.29, 0.717) is 18.5 Å². The van der Waals surface area contributed by atoms with E-state index in [1.807, 2.05) is 6.92 Å². The Hall–Kier alpha value is -1.64. The summed E-state index contributed by atoms with van der Waals surface area (Å²) in [6, 6.07) is 0.131. The lowest BCUT2D eigenvalue weighted by atomic mass is 10.1. The van der Waals surface area contributed by atoms with E-state index in [4.69, 9.17) is 0 Å². The predicted molar refractivity (Wildman–Crippen MR) is 82.8 cm³/mol. The van der Waals surface area contributed by atoms with Gasteiger partial charge in [-0.05, 0) is 39.3 Å². The molecule has 1 aromatic heterocycles. The van der Waals surface area contributed by atoms with Crippen molar-refractivity contribution in [2.75, 3.05) is 26.2 Å². The van der Waals surface area contributed by atoms with Crippen molar-refractivity contribution in [1.82, 2.24) is 25.2 Å². The predicted octanol–water partition coefficient (Wildman–Crippen LogP) is 2.32. The topological polar surface area (TPSA) is 63.1 Å². The van der Waals surface area contributed by atoms with E-state index < -0.39 is 18.6 Å². The molecule has 136 valence electrons. The van der Waals surface area contributed by atoms with Crippen LogP contribution in [0.4, 0.5) is 13.2 Å². The van der Waals surface area contributed by atoms with Crippen molar-refractivity contribution < 1.29 is 18.0 Å². The SMILES string of the molecule is CCCCN(CC(F)(F)F)C(=O)c1nnn(C2CCNCC2)c1C. The van der Waals surface area contributed by atoms with Crippen LogP contribution in [-0.4, -0.2) is 58.2 Å². The zero-order valence-electron chi connectivity index (χ0n) is 14.1. The van der Waals surface area contributed by atoms with Gasteiger partial charge in [-0.1, -0.05) is 18.6 Å². The lowest BCUT2D eigenvalue weighted by Gasteiger charge is -2.24. The summed E-state index contributed by atoms with van der Waals surface area (Å²) in [6.07, 6.45) is -1.48. The standard InChI is InChI=1S/C15H24F3N5O/c1-3-4-9-22(10-15(16,17)18)14(24)13-11(2)23(21-20-13)12-5-7-19-8-6-12/h12,19H,3-10H2,1-2H3. The lowest BCUT2D eigenvalue weighted by molar-refractivity contribution is -0.140. The maximum Gasteiger partial charge on any atom is 0.406 e. The summed E-state index contributed by atoms with van der Waals surface area (Å²) >= 11 is 0. The molecule has 0 unspecified atom stereocenters. The highest BCUT2D eigenvalue weighted by molar-refractivity contribution is 5.93. The first-order valence-electron chi connectivity index (χ1n) is 8.32. The van der Waals surface area contributed by atoms with Gasteiger partial charge in [-0.3, -0.25) is 4.79 Å². The highest BCUT2D eigenvalue weighted by Gasteiger charge is 2.35. The van der Waals surface area contributed by atoms with E-state index in [1.54, 1.807) is 11.6 Å². The van der Waals surface area contributed by atoms with Crippen molar-refractivity contribution in [3.05, 3.63) is 11.4 Å². The molecule has 0 bridgehead atoms. The van der Waals surface area contributed by atoms with Gasteiger partial charge in [-0.25, -0.2) is 4.68 Å². The lowest BCUT2D eigenvalue weighted by Crippen LogP contribution is -2.40. The van der Waals surface area contributed by atoms with Crippen LogP contribution in [0, 0.1) is 6.92 Å². The molecule has 0 saturated carbocycles. The van der Waals surface area contributed by atoms with Crippen molar-refractivity contribution >= 4 is 5.91 Å². The molecule has 24 heavy (non-hydrogen) atoms. The molecule has 0 spiro atoms. The minimum absolute atomic E-state index is 0.0221. The molecule has 1 amide bonds. The van der Waals surface area contributed by atoms with Gasteiger partial charge in [0.1, 0.15) is 6.54 Å². The second-order valence-electron chi connectivity index (χ2n) is 6.14. The molecular weight excluding hydrogens is 323 g/mol. The number of alkyl halides is 3. The first-order chi connectivity index (χ1) is 11.3. The smallest absolute Gasteiger partial charge is 0.328 e. The molecule has 0 radical (unpaired) electrons. The fourth-order valence-corrected chi connectivity index (χ4v) is 2.90. The van der Waals surface area contributed by atoms with E-state index in [0.717, 1.165) is 30.8 Å². The monoisotopic (exact) mass is 347 g/mol. The van der Waals surface area contributed by atoms with Gasteiger partial charge in [-0.15, -0.1) is 5.10 Å². The van der Waals surface area contributed by atoms with Crippen LogP contribution in [0.5, 0.6) is 0 Å². The van der Waals surface area contributed by atoms with Crippen molar-refractivity contribution in [3.8, 4) is 0 Å². The average molecular weight is 347 g/mol. The summed E-state index contributed by atoms with van der Waals surface area (Å²) in [5.74, 6) is -0.696. The number of rotatable bonds is 6. The van der Waals surface area contributed by atoms with Crippen LogP contribution < -0.4 is 5.32 Å². The Morgan fingerprint density at radius 2 is 2.04 bits per heavy atom. The number of amides is 1. The van der Waals surface area contributed by atoms with Crippen molar-refractivity contribution in [3.63, 3.8) is 0 Å². The Labute approximate surface area is 139 Å². The second-order valence-corrected chi connectivity index (χ2v) is 6.14. The third-order valence-electron chi connectivity index (χ3n) is 4.22. The summed E-state index contributed by atoms with van der Waals surface area (Å²) < 4.78 is 40.0. The number of piperidine rings is 1. The van der Waals surface area contributed by atoms with Crippen LogP contribution in [0.3, 0.4) is 0 Å². The first-order valence-corrected chi connectivity index (χ1v) is 8.32. The summed E-state index contributed by atoms with van der Waals surface area (Å²) in [5.41, 5.74) is 0.560. The minimum Gasteiger partial charge on any atom is -0.328 e. The largest absolute Gasteiger partial charge is 0.406 e. The third kappa shape index (κ3) is 4.68. The number of hydrogen-bond donors (Lipinski definition) is 1. The Kier molecular flexibility index (Phi) is 6.20. The highest BCUT2D eigenvalue weighted by Crippen LogP contribution is 2.22. The molecule has 1 aliphatic heterocycles. The van der Waals surface area contributed by atoms with E-state index in [2.05, 4.69) is 15.6 Å². The van der Waals surface area contributed by atoms with E-state index >= 15 is 0 Å². The van der Waals surface area contributed by atoms with Crippen LogP contribution in [0.25, 0.3) is 0 Å². The first kappa shape index (κ1) is 18.7. The molecule has 0 aromatic carbocycles. The highest BCUT2D eigenvalue weighted by atomic mass is 19.4. The number of nitrogens with zero attached hydrogens (tertiary/aromatic N) is 4. The molecule has 2 rings (SSSR count). The summed E-state index contributed by atoms with van der Waals surface area (Å²) in [5, 5.41) is 11.2. The molecule has 1 N–H and O–H groups in total. The Balaban J connectivity index is 2.17. The van der Waals surface area contributed by atoms with Gasteiger partial charge in [0, 0.05) is 6.54 Å². The van der Waals surface area contributed by atoms with Gasteiger partial charge < -0.3 is 10.2 Å². The molecule has 1 fully saturated rings. The summed E-state index contributed by atoms with van der Waals surface area (Å²) in [4.78, 5) is 13.4. The van der Waals surface area contributed by atoms with Crippen molar-refractivity contribution in [1.29, 1.82) is 0 Å². The van der Waals surface area contributed by atoms with Gasteiger partial charge >= 0.3 is 6.18 Å². The van der Waals surface area contributed by atoms with Crippen LogP contribution in [0.15, 0.2) is 0 Å². The maximum absolute atomic E-state index is 12.8. The third-order valence-corrected chi connectivity index (χ3v) is 4.22. The molecule has 2 heterocycles. The van der Waals surface area contributed by atoms with Crippen LogP contribution in [-0.2, 0) is 0 Å². The van der Waals surface area contributed by atoms with Crippen LogP contribution >= 0.6 is 0 Å². The van der Waals surface area contributed by atoms with Crippen molar-refractivity contribution in [2.45, 2.75) is 51.7 Å². The molecule has 1 aromatic rings. The number of carbonyl (C=O) groups excluding carboxylic acids is 1. The van der Waals surface area contributed by atoms with Crippen LogP contribution in [0.2, 0.25) is 0 Å². The Bertz CT molecular complexity index is 552. The van der Waals surface area contributed by atoms with Gasteiger partial charge in [0.2, 0.25) is 0 Å². The number of unbranched alkanes of at least 4 members (excludes halogenated alkanes) is 1. The van der Waals surface area contributed by atoms with E-state index in [1.165, 1.54) is 0 Å². The maximum atomic E-state index is 12.8. The number of carbonyl (C=O) groups is 1. The molecular formula is C15H24F3N5O. The van der Waals surface area contributed by atoms with Gasteiger partial charge in [0.15, 0.2) is 5.69 Å². The number of hydrogen-bond acceptors (Lipinski definition) is 4. The average Bonchev–Trinajstić information content (AvgIpc) is 2.92. The van der Waals surface area contributed by atoms with Crippen molar-refractivity contribution in [2.24, 2.45) is 0 Å². The molecule has 9 heteroatoms. The fourth-order valence-electron chi connectivity index (χ4n) is 2.90. The Morgan fingerprint density at radius 3 is 2.62 bits per heavy atom. The fraction of sp³-hybridized carbons (Fsp3) is 0.800. The zero-order chi connectivity index (χ0) is 17.7. The summed E-state index contributed by atoms with van der Waals surface area (Å²) in [7, 11) is 0. The Morgan fingerprint density at radius 1 is 1.38 bits per heavy atom. The number of nitrogens with one attached hydrogen (secondary N) is 1. The van der Waals surface area contributed by atoms with Gasteiger partial charge in [-0.2, -0.15) is 13.2 Å². The molecule has 6 nitrogen and oxygen atoms in total. The molecule has 1 saturated heterocycles. The van der Waals surface area contributed by atoms with Crippen LogP contribution in [0.1, 0.15) is 54.8 Å². The number of halogens is 3. The molecule has 1 aliphatic rings. The second kappa shape index (κ2) is 7.96. The van der Waals surface area contributed by atoms with Gasteiger partial charge in [0.25, 0.3) is 5.91 Å². The van der Waals surface area contributed by atoms with E-state index in [-0.39, 0.29) is 18.3 Å². The number of aromatic nitrogens is 3. The molecule has 0 atom stereocenters. The zero-order valence-corrected chi connectivity index (χ0v) is 14.1. The normalized spacial score (nSPS) is 16.4. The quantitative estimate of drug-likeness (QED) is 0.858. The van der Waals surface area contributed by atoms with Gasteiger partial charge in [0.05, 0.1) is 11.7 Å². The summed E-state index contributed by atoms with van der Waals surface area (Å²) in [6.45, 7) is 4.07. The molecule has 0 aliphatic carbocycles.